The third kappa shape index (κ3) is 4.90. The molecule has 2 aliphatic heterocycles. The van der Waals surface area contributed by atoms with Gasteiger partial charge in [-0.05, 0) is 31.9 Å². The highest BCUT2D eigenvalue weighted by Gasteiger charge is 2.40. The van der Waals surface area contributed by atoms with Crippen LogP contribution in [0.4, 0.5) is 4.79 Å². The molecule has 4 rings (SSSR count). The zero-order valence-corrected chi connectivity index (χ0v) is 19.1. The molecule has 6 heteroatoms. The summed E-state index contributed by atoms with van der Waals surface area (Å²) in [6.07, 6.45) is 8.73. The lowest BCUT2D eigenvalue weighted by atomic mass is 9.95. The molecule has 2 amide bonds. The molecular formula is C24H34N4OS. The fraction of sp³-hybridized carbons (Fsp3) is 0.625. The fourth-order valence-corrected chi connectivity index (χ4v) is 5.46. The van der Waals surface area contributed by atoms with Crippen molar-refractivity contribution in [3.05, 3.63) is 35.4 Å². The topological polar surface area (TPSA) is 57.1 Å². The third-order valence-electron chi connectivity index (χ3n) is 6.38. The smallest absolute Gasteiger partial charge is 0.317 e. The number of carbonyl (C=O) groups is 1. The number of amides is 2. The summed E-state index contributed by atoms with van der Waals surface area (Å²) in [5, 5.41) is 4.33. The minimum absolute atomic E-state index is 0.0991. The van der Waals surface area contributed by atoms with Gasteiger partial charge in [0.15, 0.2) is 5.66 Å². The molecule has 1 aromatic rings. The molecule has 1 aromatic carbocycles. The number of hydrogen-bond acceptors (Lipinski definition) is 4. The number of carbonyl (C=O) groups excluding carboxylic acids is 1. The SMILES string of the molecule is CCCSC1=NC2(CCN(C(=O)NC3CCCCC3)CC2)N=C1c1ccc(C)cc1. The number of likely N-dealkylation sites (tertiary alicyclic amines) is 1. The first-order valence-corrected chi connectivity index (χ1v) is 12.5. The van der Waals surface area contributed by atoms with Crippen LogP contribution >= 0.6 is 11.8 Å². The Morgan fingerprint density at radius 1 is 1.13 bits per heavy atom. The lowest BCUT2D eigenvalue weighted by molar-refractivity contribution is 0.158. The Labute approximate surface area is 184 Å². The van der Waals surface area contributed by atoms with Crippen LogP contribution in [0.15, 0.2) is 34.3 Å². The van der Waals surface area contributed by atoms with Crippen LogP contribution < -0.4 is 5.32 Å². The highest BCUT2D eigenvalue weighted by molar-refractivity contribution is 8.15. The quantitative estimate of drug-likeness (QED) is 0.722. The van der Waals surface area contributed by atoms with E-state index in [-0.39, 0.29) is 6.03 Å². The van der Waals surface area contributed by atoms with Crippen molar-refractivity contribution in [2.45, 2.75) is 76.9 Å². The Morgan fingerprint density at radius 3 is 2.50 bits per heavy atom. The number of aliphatic imine (C=N–C) groups is 2. The van der Waals surface area contributed by atoms with Crippen molar-refractivity contribution in [3.8, 4) is 0 Å². The number of thioether (sulfide) groups is 1. The van der Waals surface area contributed by atoms with E-state index in [0.29, 0.717) is 6.04 Å². The number of benzene rings is 1. The second-order valence-electron chi connectivity index (χ2n) is 8.85. The van der Waals surface area contributed by atoms with Gasteiger partial charge in [0.2, 0.25) is 0 Å². The van der Waals surface area contributed by atoms with Crippen molar-refractivity contribution in [2.24, 2.45) is 9.98 Å². The van der Waals surface area contributed by atoms with Gasteiger partial charge in [-0.1, -0.05) is 56.0 Å². The van der Waals surface area contributed by atoms with Crippen molar-refractivity contribution < 1.29 is 4.79 Å². The minimum Gasteiger partial charge on any atom is -0.335 e. The van der Waals surface area contributed by atoms with Crippen LogP contribution in [0.25, 0.3) is 0 Å². The molecule has 1 aliphatic carbocycles. The predicted octanol–water partition coefficient (Wildman–Crippen LogP) is 5.17. The maximum Gasteiger partial charge on any atom is 0.317 e. The summed E-state index contributed by atoms with van der Waals surface area (Å²) in [5.41, 5.74) is 3.05. The number of rotatable bonds is 4. The van der Waals surface area contributed by atoms with Crippen LogP contribution in [0.5, 0.6) is 0 Å². The zero-order valence-electron chi connectivity index (χ0n) is 18.3. The zero-order chi connectivity index (χ0) is 21.0. The average Bonchev–Trinajstić information content (AvgIpc) is 3.12. The van der Waals surface area contributed by atoms with Crippen LogP contribution in [-0.2, 0) is 0 Å². The Balaban J connectivity index is 1.44. The Bertz CT molecular complexity index is 803. The van der Waals surface area contributed by atoms with Crippen molar-refractivity contribution in [3.63, 3.8) is 0 Å². The van der Waals surface area contributed by atoms with E-state index in [2.05, 4.69) is 43.4 Å². The van der Waals surface area contributed by atoms with E-state index < -0.39 is 5.66 Å². The second-order valence-corrected chi connectivity index (χ2v) is 9.93. The maximum atomic E-state index is 12.7. The molecule has 0 bridgehead atoms. The predicted molar refractivity (Wildman–Crippen MR) is 127 cm³/mol. The van der Waals surface area contributed by atoms with Gasteiger partial charge in [0.1, 0.15) is 5.04 Å². The van der Waals surface area contributed by atoms with E-state index in [0.717, 1.165) is 67.3 Å². The summed E-state index contributed by atoms with van der Waals surface area (Å²) >= 11 is 1.82. The molecule has 2 heterocycles. The molecule has 0 atom stereocenters. The van der Waals surface area contributed by atoms with E-state index in [1.807, 2.05) is 16.7 Å². The Hall–Kier alpha value is -1.82. The molecule has 1 saturated carbocycles. The molecule has 0 aromatic heterocycles. The first-order chi connectivity index (χ1) is 14.6. The molecule has 2 fully saturated rings. The first kappa shape index (κ1) is 21.4. The molecular weight excluding hydrogens is 392 g/mol. The highest BCUT2D eigenvalue weighted by atomic mass is 32.2. The lowest BCUT2D eigenvalue weighted by Gasteiger charge is -2.36. The normalized spacial score (nSPS) is 21.5. The summed E-state index contributed by atoms with van der Waals surface area (Å²) in [5.74, 6) is 1.05. The average molecular weight is 427 g/mol. The maximum absolute atomic E-state index is 12.7. The fourth-order valence-electron chi connectivity index (χ4n) is 4.53. The van der Waals surface area contributed by atoms with Gasteiger partial charge in [-0.2, -0.15) is 0 Å². The van der Waals surface area contributed by atoms with Gasteiger partial charge in [-0.3, -0.25) is 4.99 Å². The highest BCUT2D eigenvalue weighted by Crippen LogP contribution is 2.36. The van der Waals surface area contributed by atoms with Gasteiger partial charge in [-0.25, -0.2) is 9.79 Å². The molecule has 0 unspecified atom stereocenters. The molecule has 1 spiro atoms. The van der Waals surface area contributed by atoms with Crippen molar-refractivity contribution in [1.82, 2.24) is 10.2 Å². The molecule has 1 saturated heterocycles. The minimum atomic E-state index is -0.391. The van der Waals surface area contributed by atoms with Crippen LogP contribution in [0, 0.1) is 6.92 Å². The summed E-state index contributed by atoms with van der Waals surface area (Å²) in [4.78, 5) is 25.0. The molecule has 1 N–H and O–H groups in total. The summed E-state index contributed by atoms with van der Waals surface area (Å²) < 4.78 is 0. The van der Waals surface area contributed by atoms with E-state index in [4.69, 9.17) is 9.98 Å². The third-order valence-corrected chi connectivity index (χ3v) is 7.55. The van der Waals surface area contributed by atoms with Gasteiger partial charge in [-0.15, -0.1) is 11.8 Å². The van der Waals surface area contributed by atoms with Crippen LogP contribution in [0.1, 0.15) is 69.4 Å². The van der Waals surface area contributed by atoms with E-state index in [1.165, 1.54) is 24.8 Å². The second kappa shape index (κ2) is 9.54. The van der Waals surface area contributed by atoms with Crippen LogP contribution in [-0.4, -0.2) is 52.2 Å². The van der Waals surface area contributed by atoms with Crippen molar-refractivity contribution >= 4 is 28.5 Å². The number of aryl methyl sites for hydroxylation is 1. The number of hydrogen-bond donors (Lipinski definition) is 1. The summed E-state index contributed by atoms with van der Waals surface area (Å²) in [6.45, 7) is 5.75. The van der Waals surface area contributed by atoms with E-state index >= 15 is 0 Å². The van der Waals surface area contributed by atoms with Crippen LogP contribution in [0.3, 0.4) is 0 Å². The van der Waals surface area contributed by atoms with Crippen molar-refractivity contribution in [2.75, 3.05) is 18.8 Å². The molecule has 5 nitrogen and oxygen atoms in total. The Morgan fingerprint density at radius 2 is 1.83 bits per heavy atom. The largest absolute Gasteiger partial charge is 0.335 e. The van der Waals surface area contributed by atoms with Crippen LogP contribution in [0.2, 0.25) is 0 Å². The molecule has 30 heavy (non-hydrogen) atoms. The van der Waals surface area contributed by atoms with Gasteiger partial charge >= 0.3 is 6.03 Å². The summed E-state index contributed by atoms with van der Waals surface area (Å²) in [6, 6.07) is 9.05. The first-order valence-electron chi connectivity index (χ1n) is 11.5. The van der Waals surface area contributed by atoms with Gasteiger partial charge in [0, 0.05) is 37.5 Å². The monoisotopic (exact) mass is 426 g/mol. The van der Waals surface area contributed by atoms with E-state index in [9.17, 15) is 4.79 Å². The molecule has 0 radical (unpaired) electrons. The number of nitrogens with one attached hydrogen (secondary N) is 1. The number of piperidine rings is 1. The molecule has 162 valence electrons. The van der Waals surface area contributed by atoms with Gasteiger partial charge < -0.3 is 10.2 Å². The van der Waals surface area contributed by atoms with Crippen molar-refractivity contribution in [1.29, 1.82) is 0 Å². The standard InChI is InChI=1S/C24H34N4OS/c1-3-17-30-22-21(19-11-9-18(2)10-12-19)26-24(27-22)13-15-28(16-14-24)23(29)25-20-7-5-4-6-8-20/h9-12,20H,3-8,13-17H2,1-2H3,(H,25,29). The number of nitrogens with zero attached hydrogens (tertiary/aromatic N) is 3. The molecule has 3 aliphatic rings. The van der Waals surface area contributed by atoms with E-state index in [1.54, 1.807) is 0 Å². The Kier molecular flexibility index (Phi) is 6.81. The number of urea groups is 1. The lowest BCUT2D eigenvalue weighted by Crippen LogP contribution is -2.51. The van der Waals surface area contributed by atoms with Gasteiger partial charge in [0.25, 0.3) is 0 Å². The van der Waals surface area contributed by atoms with Gasteiger partial charge in [0.05, 0.1) is 5.71 Å². The summed E-state index contributed by atoms with van der Waals surface area (Å²) in [7, 11) is 0.